The molecule has 1 atom stereocenters. The first kappa shape index (κ1) is 14.4. The minimum Gasteiger partial charge on any atom is -0.383 e. The van der Waals surface area contributed by atoms with Crippen molar-refractivity contribution in [1.82, 2.24) is 4.72 Å². The maximum atomic E-state index is 12.9. The highest BCUT2D eigenvalue weighted by Gasteiger charge is 2.19. The van der Waals surface area contributed by atoms with E-state index in [4.69, 9.17) is 16.3 Å². The molecule has 7 heteroatoms. The van der Waals surface area contributed by atoms with Crippen LogP contribution in [0.25, 0.3) is 0 Å². The van der Waals surface area contributed by atoms with E-state index in [1.807, 2.05) is 0 Å². The van der Waals surface area contributed by atoms with Crippen molar-refractivity contribution in [2.45, 2.75) is 10.9 Å². The summed E-state index contributed by atoms with van der Waals surface area (Å²) in [6, 6.07) is 4.21. The summed E-state index contributed by atoms with van der Waals surface area (Å²) in [7, 11) is -2.33. The van der Waals surface area contributed by atoms with E-state index in [2.05, 4.69) is 4.72 Å². The van der Waals surface area contributed by atoms with E-state index in [1.54, 1.807) is 0 Å². The Bertz CT molecular complexity index is 466. The van der Waals surface area contributed by atoms with Crippen molar-refractivity contribution in [3.63, 3.8) is 0 Å². The number of ether oxygens (including phenoxy) is 1. The van der Waals surface area contributed by atoms with Crippen LogP contribution in [0.3, 0.4) is 0 Å². The summed E-state index contributed by atoms with van der Waals surface area (Å²) in [5.74, 6) is -0.537. The van der Waals surface area contributed by atoms with Crippen LogP contribution in [0.15, 0.2) is 29.2 Å². The van der Waals surface area contributed by atoms with E-state index in [1.165, 1.54) is 25.3 Å². The third-order valence-corrected chi connectivity index (χ3v) is 3.87. The van der Waals surface area contributed by atoms with Gasteiger partial charge in [0, 0.05) is 13.0 Å². The predicted molar refractivity (Wildman–Crippen MR) is 63.1 cm³/mol. The molecule has 1 unspecified atom stereocenters. The van der Waals surface area contributed by atoms with Gasteiger partial charge in [-0.15, -0.1) is 11.6 Å². The predicted octanol–water partition coefficient (Wildman–Crippen LogP) is 1.36. The molecule has 0 radical (unpaired) electrons. The molecule has 17 heavy (non-hydrogen) atoms. The molecule has 0 aliphatic carbocycles. The summed E-state index contributed by atoms with van der Waals surface area (Å²) in [5.41, 5.74) is 0. The third kappa shape index (κ3) is 4.23. The van der Waals surface area contributed by atoms with Gasteiger partial charge in [0.15, 0.2) is 0 Å². The summed E-state index contributed by atoms with van der Waals surface area (Å²) in [4.78, 5) is -0.135. The highest BCUT2D eigenvalue weighted by Crippen LogP contribution is 2.11. The second-order valence-electron chi connectivity index (χ2n) is 3.39. The molecule has 1 N–H and O–H groups in total. The standard InChI is InChI=1S/C10H13ClFNO3S/c1-16-7-9(6-11)13-17(14,15)10-4-2-3-8(12)5-10/h2-5,9,13H,6-7H2,1H3. The molecule has 4 nitrogen and oxygen atoms in total. The van der Waals surface area contributed by atoms with Gasteiger partial charge in [0.25, 0.3) is 0 Å². The van der Waals surface area contributed by atoms with Gasteiger partial charge in [-0.05, 0) is 18.2 Å². The molecular weight excluding hydrogens is 269 g/mol. The highest BCUT2D eigenvalue weighted by molar-refractivity contribution is 7.89. The lowest BCUT2D eigenvalue weighted by atomic mass is 10.4. The Morgan fingerprint density at radius 3 is 2.76 bits per heavy atom. The Morgan fingerprint density at radius 1 is 1.53 bits per heavy atom. The zero-order chi connectivity index (χ0) is 12.9. The fraction of sp³-hybridized carbons (Fsp3) is 0.400. The van der Waals surface area contributed by atoms with Crippen LogP contribution >= 0.6 is 11.6 Å². The van der Waals surface area contributed by atoms with E-state index < -0.39 is 21.9 Å². The normalized spacial score (nSPS) is 13.6. The quantitative estimate of drug-likeness (QED) is 0.801. The molecule has 0 bridgehead atoms. The molecule has 96 valence electrons. The molecule has 0 heterocycles. The Kier molecular flexibility index (Phi) is 5.32. The molecule has 0 fully saturated rings. The number of benzene rings is 1. The fourth-order valence-corrected chi connectivity index (χ4v) is 2.74. The SMILES string of the molecule is COCC(CCl)NS(=O)(=O)c1cccc(F)c1. The van der Waals surface area contributed by atoms with Crippen LogP contribution in [0.2, 0.25) is 0 Å². The number of hydrogen-bond donors (Lipinski definition) is 1. The van der Waals surface area contributed by atoms with Crippen LogP contribution in [0, 0.1) is 5.82 Å². The van der Waals surface area contributed by atoms with Gasteiger partial charge in [-0.25, -0.2) is 17.5 Å². The van der Waals surface area contributed by atoms with Crippen molar-refractivity contribution in [3.8, 4) is 0 Å². The number of sulfonamides is 1. The van der Waals surface area contributed by atoms with Gasteiger partial charge in [0.05, 0.1) is 17.5 Å². The molecular formula is C10H13ClFNO3S. The van der Waals surface area contributed by atoms with E-state index in [0.717, 1.165) is 6.07 Å². The molecule has 0 saturated heterocycles. The Labute approximate surface area is 105 Å². The van der Waals surface area contributed by atoms with Gasteiger partial charge < -0.3 is 4.74 Å². The number of nitrogens with one attached hydrogen (secondary N) is 1. The number of rotatable bonds is 6. The molecule has 0 amide bonds. The zero-order valence-corrected chi connectivity index (χ0v) is 10.8. The summed E-state index contributed by atoms with van der Waals surface area (Å²) in [6.45, 7) is 0.151. The van der Waals surface area contributed by atoms with Crippen LogP contribution in [0.5, 0.6) is 0 Å². The summed E-state index contributed by atoms with van der Waals surface area (Å²) >= 11 is 5.59. The maximum Gasteiger partial charge on any atom is 0.241 e. The molecule has 0 aliphatic heterocycles. The van der Waals surface area contributed by atoms with E-state index >= 15 is 0 Å². The average molecular weight is 282 g/mol. The summed E-state index contributed by atoms with van der Waals surface area (Å²) in [5, 5.41) is 0. The fourth-order valence-electron chi connectivity index (χ4n) is 1.23. The second-order valence-corrected chi connectivity index (χ2v) is 5.41. The van der Waals surface area contributed by atoms with Crippen molar-refractivity contribution in [3.05, 3.63) is 30.1 Å². The van der Waals surface area contributed by atoms with Crippen LogP contribution in [-0.4, -0.2) is 34.1 Å². The maximum absolute atomic E-state index is 12.9. The van der Waals surface area contributed by atoms with Gasteiger partial charge in [-0.3, -0.25) is 0 Å². The van der Waals surface area contributed by atoms with Crippen LogP contribution < -0.4 is 4.72 Å². The first-order valence-corrected chi connectivity index (χ1v) is 6.84. The van der Waals surface area contributed by atoms with Crippen molar-refractivity contribution in [2.24, 2.45) is 0 Å². The van der Waals surface area contributed by atoms with Gasteiger partial charge in [-0.2, -0.15) is 0 Å². The van der Waals surface area contributed by atoms with Gasteiger partial charge in [-0.1, -0.05) is 6.07 Å². The van der Waals surface area contributed by atoms with Gasteiger partial charge >= 0.3 is 0 Å². The van der Waals surface area contributed by atoms with Gasteiger partial charge in [0.2, 0.25) is 10.0 Å². The topological polar surface area (TPSA) is 55.4 Å². The molecule has 0 spiro atoms. The smallest absolute Gasteiger partial charge is 0.241 e. The molecule has 0 aromatic heterocycles. The molecule has 1 aromatic rings. The van der Waals surface area contributed by atoms with Gasteiger partial charge in [0.1, 0.15) is 5.82 Å². The number of halogens is 2. The van der Waals surface area contributed by atoms with Crippen molar-refractivity contribution >= 4 is 21.6 Å². The van der Waals surface area contributed by atoms with E-state index in [0.29, 0.717) is 0 Å². The third-order valence-electron chi connectivity index (χ3n) is 1.98. The van der Waals surface area contributed by atoms with E-state index in [-0.39, 0.29) is 17.4 Å². The largest absolute Gasteiger partial charge is 0.383 e. The van der Waals surface area contributed by atoms with Crippen LogP contribution in [0.1, 0.15) is 0 Å². The number of hydrogen-bond acceptors (Lipinski definition) is 3. The molecule has 1 rings (SSSR count). The molecule has 0 aliphatic rings. The van der Waals surface area contributed by atoms with E-state index in [9.17, 15) is 12.8 Å². The Morgan fingerprint density at radius 2 is 2.24 bits per heavy atom. The summed E-state index contributed by atoms with van der Waals surface area (Å²) in [6.07, 6.45) is 0. The Balaban J connectivity index is 2.88. The number of methoxy groups -OCH3 is 1. The van der Waals surface area contributed by atoms with Crippen molar-refractivity contribution in [2.75, 3.05) is 19.6 Å². The Hall–Kier alpha value is -0.690. The van der Waals surface area contributed by atoms with Crippen molar-refractivity contribution < 1.29 is 17.5 Å². The first-order chi connectivity index (χ1) is 7.99. The molecule has 1 aromatic carbocycles. The lowest BCUT2D eigenvalue weighted by Gasteiger charge is -2.15. The highest BCUT2D eigenvalue weighted by atomic mass is 35.5. The van der Waals surface area contributed by atoms with Crippen LogP contribution in [-0.2, 0) is 14.8 Å². The first-order valence-electron chi connectivity index (χ1n) is 4.82. The zero-order valence-electron chi connectivity index (χ0n) is 9.19. The van der Waals surface area contributed by atoms with Crippen molar-refractivity contribution in [1.29, 1.82) is 0 Å². The minimum atomic E-state index is -3.77. The minimum absolute atomic E-state index is 0.0718. The van der Waals surface area contributed by atoms with Crippen LogP contribution in [0.4, 0.5) is 4.39 Å². The second kappa shape index (κ2) is 6.30. The molecule has 0 saturated carbocycles. The lowest BCUT2D eigenvalue weighted by Crippen LogP contribution is -2.39. The summed E-state index contributed by atoms with van der Waals surface area (Å²) < 4.78 is 43.7. The lowest BCUT2D eigenvalue weighted by molar-refractivity contribution is 0.181. The average Bonchev–Trinajstić information content (AvgIpc) is 2.28. The monoisotopic (exact) mass is 281 g/mol. The number of alkyl halides is 1.